The lowest BCUT2D eigenvalue weighted by atomic mass is 10.0. The fraction of sp³-hybridized carbons (Fsp3) is 0.278. The highest BCUT2D eigenvalue weighted by Gasteiger charge is 2.27. The number of carbonyl (C=O) groups excluding carboxylic acids is 1. The summed E-state index contributed by atoms with van der Waals surface area (Å²) in [6, 6.07) is 5.77. The number of nitrogens with one attached hydrogen (secondary N) is 1. The summed E-state index contributed by atoms with van der Waals surface area (Å²) in [5.74, 6) is 0.216. The van der Waals surface area contributed by atoms with Crippen molar-refractivity contribution in [2.75, 3.05) is 12.4 Å². The maximum atomic E-state index is 11.9. The minimum absolute atomic E-state index is 0.0502. The highest BCUT2D eigenvalue weighted by Crippen LogP contribution is 2.36. The third-order valence-corrected chi connectivity index (χ3v) is 5.82. The predicted molar refractivity (Wildman–Crippen MR) is 99.6 cm³/mol. The first-order chi connectivity index (χ1) is 12.1. The Labute approximate surface area is 154 Å². The molecule has 0 amide bonds. The number of methoxy groups -OCH3 is 1. The lowest BCUT2D eigenvalue weighted by Crippen LogP contribution is -2.11. The van der Waals surface area contributed by atoms with Crippen molar-refractivity contribution in [2.24, 2.45) is 0 Å². The Bertz CT molecular complexity index is 986. The van der Waals surface area contributed by atoms with E-state index in [2.05, 4.69) is 15.3 Å². The lowest BCUT2D eigenvalue weighted by molar-refractivity contribution is 0.0599. The molecule has 0 aliphatic heterocycles. The van der Waals surface area contributed by atoms with Crippen LogP contribution in [0.15, 0.2) is 23.6 Å². The van der Waals surface area contributed by atoms with Crippen LogP contribution in [0.5, 0.6) is 0 Å². The first kappa shape index (κ1) is 16.3. The van der Waals surface area contributed by atoms with Gasteiger partial charge in [0.05, 0.1) is 24.1 Å². The molecule has 7 heteroatoms. The van der Waals surface area contributed by atoms with Crippen LogP contribution in [-0.2, 0) is 11.2 Å². The van der Waals surface area contributed by atoms with Crippen molar-refractivity contribution in [3.05, 3.63) is 51.0 Å². The van der Waals surface area contributed by atoms with E-state index in [0.29, 0.717) is 16.7 Å². The van der Waals surface area contributed by atoms with Crippen molar-refractivity contribution in [2.45, 2.75) is 25.8 Å². The number of thiophene rings is 1. The molecule has 4 rings (SSSR count). The molecule has 1 N–H and O–H groups in total. The summed E-state index contributed by atoms with van der Waals surface area (Å²) in [7, 11) is 1.40. The second-order valence-electron chi connectivity index (χ2n) is 6.04. The quantitative estimate of drug-likeness (QED) is 0.539. The van der Waals surface area contributed by atoms with Crippen molar-refractivity contribution in [1.29, 1.82) is 0 Å². The van der Waals surface area contributed by atoms with Crippen molar-refractivity contribution in [3.8, 4) is 0 Å². The zero-order chi connectivity index (χ0) is 17.6. The standard InChI is InChI=1S/C18H16ClN3O2S/c1-9-8-25-16-14(9)15(19)21-18(22-16)20-13-7-6-10-11(13)4-3-5-12(10)17(23)24-2/h3-5,8,13H,6-7H2,1-2H3,(H,20,21,22). The topological polar surface area (TPSA) is 64.1 Å². The molecule has 0 saturated heterocycles. The van der Waals surface area contributed by atoms with Gasteiger partial charge in [-0.15, -0.1) is 11.3 Å². The zero-order valence-corrected chi connectivity index (χ0v) is 15.4. The number of ether oxygens (including phenoxy) is 1. The second-order valence-corrected chi connectivity index (χ2v) is 7.25. The number of hydrogen-bond acceptors (Lipinski definition) is 6. The highest BCUT2D eigenvalue weighted by molar-refractivity contribution is 7.17. The van der Waals surface area contributed by atoms with E-state index in [-0.39, 0.29) is 12.0 Å². The first-order valence-electron chi connectivity index (χ1n) is 7.96. The monoisotopic (exact) mass is 373 g/mol. The van der Waals surface area contributed by atoms with Crippen LogP contribution in [0.4, 0.5) is 5.95 Å². The van der Waals surface area contributed by atoms with Gasteiger partial charge in [-0.2, -0.15) is 0 Å². The molecule has 2 heterocycles. The molecular weight excluding hydrogens is 358 g/mol. The largest absolute Gasteiger partial charge is 0.465 e. The normalized spacial score (nSPS) is 16.0. The fourth-order valence-corrected chi connectivity index (χ4v) is 4.66. The van der Waals surface area contributed by atoms with Gasteiger partial charge < -0.3 is 10.1 Å². The predicted octanol–water partition coefficient (Wildman–Crippen LogP) is 4.54. The van der Waals surface area contributed by atoms with Gasteiger partial charge in [-0.05, 0) is 47.9 Å². The van der Waals surface area contributed by atoms with Gasteiger partial charge in [-0.25, -0.2) is 14.8 Å². The van der Waals surface area contributed by atoms with Gasteiger partial charge in [0.1, 0.15) is 9.98 Å². The number of halogens is 1. The van der Waals surface area contributed by atoms with Crippen LogP contribution < -0.4 is 5.32 Å². The Hall–Kier alpha value is -2.18. The van der Waals surface area contributed by atoms with Crippen LogP contribution in [0.25, 0.3) is 10.2 Å². The highest BCUT2D eigenvalue weighted by atomic mass is 35.5. The Morgan fingerprint density at radius 3 is 3.04 bits per heavy atom. The number of nitrogens with zero attached hydrogens (tertiary/aromatic N) is 2. The van der Waals surface area contributed by atoms with Gasteiger partial charge in [0, 0.05) is 0 Å². The summed E-state index contributed by atoms with van der Waals surface area (Å²) in [5.41, 5.74) is 3.84. The molecule has 2 aromatic heterocycles. The van der Waals surface area contributed by atoms with Crippen LogP contribution >= 0.6 is 22.9 Å². The molecule has 0 bridgehead atoms. The number of esters is 1. The summed E-state index contributed by atoms with van der Waals surface area (Å²) in [6.45, 7) is 2.00. The molecule has 128 valence electrons. The Balaban J connectivity index is 1.67. The molecule has 5 nitrogen and oxygen atoms in total. The Kier molecular flexibility index (Phi) is 4.09. The SMILES string of the molecule is COC(=O)c1cccc2c1CCC2Nc1nc(Cl)c2c(C)csc2n1. The van der Waals surface area contributed by atoms with E-state index in [4.69, 9.17) is 16.3 Å². The van der Waals surface area contributed by atoms with Crippen LogP contribution in [0, 0.1) is 6.92 Å². The molecule has 0 fully saturated rings. The van der Waals surface area contributed by atoms with Crippen molar-refractivity contribution < 1.29 is 9.53 Å². The minimum Gasteiger partial charge on any atom is -0.465 e. The van der Waals surface area contributed by atoms with E-state index < -0.39 is 0 Å². The second kappa shape index (κ2) is 6.28. The third kappa shape index (κ3) is 2.75. The molecule has 1 atom stereocenters. The Morgan fingerprint density at radius 2 is 2.24 bits per heavy atom. The van der Waals surface area contributed by atoms with Crippen molar-refractivity contribution in [3.63, 3.8) is 0 Å². The number of fused-ring (bicyclic) bond motifs is 2. The molecule has 1 aromatic carbocycles. The maximum absolute atomic E-state index is 11.9. The van der Waals surface area contributed by atoms with E-state index in [1.54, 1.807) is 17.4 Å². The van der Waals surface area contributed by atoms with Gasteiger partial charge in [0.2, 0.25) is 5.95 Å². The van der Waals surface area contributed by atoms with E-state index in [9.17, 15) is 4.79 Å². The van der Waals surface area contributed by atoms with E-state index >= 15 is 0 Å². The fourth-order valence-electron chi connectivity index (χ4n) is 3.36. The van der Waals surface area contributed by atoms with Crippen LogP contribution in [0.3, 0.4) is 0 Å². The van der Waals surface area contributed by atoms with Crippen LogP contribution in [-0.4, -0.2) is 23.0 Å². The number of rotatable bonds is 3. The van der Waals surface area contributed by atoms with Gasteiger partial charge in [0.25, 0.3) is 0 Å². The van der Waals surface area contributed by atoms with Gasteiger partial charge in [-0.1, -0.05) is 23.7 Å². The van der Waals surface area contributed by atoms with Crippen LogP contribution in [0.1, 0.15) is 39.5 Å². The number of aromatic nitrogens is 2. The molecule has 25 heavy (non-hydrogen) atoms. The summed E-state index contributed by atoms with van der Waals surface area (Å²) in [5, 5.41) is 6.78. The van der Waals surface area contributed by atoms with Gasteiger partial charge in [-0.3, -0.25) is 0 Å². The molecule has 1 unspecified atom stereocenters. The number of hydrogen-bond donors (Lipinski definition) is 1. The average Bonchev–Trinajstić information content (AvgIpc) is 3.18. The lowest BCUT2D eigenvalue weighted by Gasteiger charge is -2.15. The first-order valence-corrected chi connectivity index (χ1v) is 9.22. The van der Waals surface area contributed by atoms with E-state index in [1.807, 2.05) is 24.4 Å². The molecule has 0 spiro atoms. The van der Waals surface area contributed by atoms with Gasteiger partial charge in [0.15, 0.2) is 0 Å². The number of anilines is 1. The minimum atomic E-state index is -0.299. The number of carbonyl (C=O) groups is 1. The Morgan fingerprint density at radius 1 is 1.40 bits per heavy atom. The summed E-state index contributed by atoms with van der Waals surface area (Å²) >= 11 is 7.89. The smallest absolute Gasteiger partial charge is 0.338 e. The molecule has 0 saturated carbocycles. The zero-order valence-electron chi connectivity index (χ0n) is 13.8. The van der Waals surface area contributed by atoms with Crippen molar-refractivity contribution >= 4 is 45.1 Å². The molecule has 0 radical (unpaired) electrons. The maximum Gasteiger partial charge on any atom is 0.338 e. The molecule has 1 aliphatic carbocycles. The third-order valence-electron chi connectivity index (χ3n) is 4.55. The summed E-state index contributed by atoms with van der Waals surface area (Å²) < 4.78 is 4.88. The average molecular weight is 374 g/mol. The van der Waals surface area contributed by atoms with Crippen LogP contribution in [0.2, 0.25) is 5.15 Å². The molecular formula is C18H16ClN3O2S. The van der Waals surface area contributed by atoms with E-state index in [0.717, 1.165) is 39.7 Å². The summed E-state index contributed by atoms with van der Waals surface area (Å²) in [4.78, 5) is 21.8. The molecule has 3 aromatic rings. The molecule has 1 aliphatic rings. The number of aryl methyl sites for hydroxylation is 1. The van der Waals surface area contributed by atoms with Crippen molar-refractivity contribution in [1.82, 2.24) is 9.97 Å². The van der Waals surface area contributed by atoms with Gasteiger partial charge >= 0.3 is 5.97 Å². The number of benzene rings is 1. The van der Waals surface area contributed by atoms with E-state index in [1.165, 1.54) is 7.11 Å². The summed E-state index contributed by atoms with van der Waals surface area (Å²) in [6.07, 6.45) is 1.68.